The van der Waals surface area contributed by atoms with Gasteiger partial charge in [-0.25, -0.2) is 0 Å². The van der Waals surface area contributed by atoms with Crippen LogP contribution < -0.4 is 10.1 Å². The van der Waals surface area contributed by atoms with Gasteiger partial charge in [0.25, 0.3) is 0 Å². The molecule has 3 aliphatic rings. The molecule has 0 spiro atoms. The molecule has 1 aromatic carbocycles. The van der Waals surface area contributed by atoms with Crippen molar-refractivity contribution in [3.05, 3.63) is 59.4 Å². The van der Waals surface area contributed by atoms with Crippen molar-refractivity contribution >= 4 is 5.91 Å². The number of hydrogen-bond acceptors (Lipinski definition) is 5. The van der Waals surface area contributed by atoms with Crippen molar-refractivity contribution in [2.75, 3.05) is 19.7 Å². The van der Waals surface area contributed by atoms with Crippen molar-refractivity contribution < 1.29 is 14.3 Å². The standard InChI is InChI=1S/C26H33N3O3/c1-18-14-21-15-19(9-10-23(21)32-18)16-29-12-4-6-20(17-29)25(22-7-2-3-11-27-22)28-26(30)24-8-5-13-31-24/h2-3,7,9-11,15,18,20,24-25H,4-6,8,12-14,16-17H2,1H3,(H,28,30)/t18-,20+,24+,25+/m1/s1. The second-order valence-electron chi connectivity index (χ2n) is 9.45. The van der Waals surface area contributed by atoms with Crippen LogP contribution in [0.15, 0.2) is 42.6 Å². The topological polar surface area (TPSA) is 63.7 Å². The first-order chi connectivity index (χ1) is 15.7. The molecule has 5 rings (SSSR count). The van der Waals surface area contributed by atoms with E-state index < -0.39 is 0 Å². The molecule has 4 atom stereocenters. The maximum absolute atomic E-state index is 12.9. The number of likely N-dealkylation sites (tertiary alicyclic amines) is 1. The van der Waals surface area contributed by atoms with E-state index in [1.807, 2.05) is 24.4 Å². The first kappa shape index (κ1) is 21.4. The number of benzene rings is 1. The molecule has 1 N–H and O–H groups in total. The molecule has 0 unspecified atom stereocenters. The van der Waals surface area contributed by atoms with Gasteiger partial charge in [-0.05, 0) is 74.4 Å². The van der Waals surface area contributed by atoms with Crippen molar-refractivity contribution in [1.82, 2.24) is 15.2 Å². The van der Waals surface area contributed by atoms with Crippen molar-refractivity contribution in [1.29, 1.82) is 0 Å². The number of ether oxygens (including phenoxy) is 2. The van der Waals surface area contributed by atoms with E-state index in [4.69, 9.17) is 9.47 Å². The average Bonchev–Trinajstić information content (AvgIpc) is 3.47. The van der Waals surface area contributed by atoms with Crippen LogP contribution in [-0.2, 0) is 22.5 Å². The highest BCUT2D eigenvalue weighted by Gasteiger charge is 2.33. The molecule has 3 aliphatic heterocycles. The fourth-order valence-corrected chi connectivity index (χ4v) is 5.36. The van der Waals surface area contributed by atoms with Gasteiger partial charge in [0.2, 0.25) is 5.91 Å². The van der Waals surface area contributed by atoms with E-state index in [0.717, 1.165) is 63.2 Å². The fraction of sp³-hybridized carbons (Fsp3) is 0.538. The third kappa shape index (κ3) is 4.81. The number of hydrogen-bond donors (Lipinski definition) is 1. The fourth-order valence-electron chi connectivity index (χ4n) is 5.36. The number of aromatic nitrogens is 1. The minimum absolute atomic E-state index is 0.00279. The molecule has 6 nitrogen and oxygen atoms in total. The maximum atomic E-state index is 12.9. The van der Waals surface area contributed by atoms with E-state index in [1.165, 1.54) is 11.1 Å². The third-order valence-corrected chi connectivity index (χ3v) is 6.91. The Morgan fingerprint density at radius 1 is 1.25 bits per heavy atom. The van der Waals surface area contributed by atoms with E-state index in [0.29, 0.717) is 12.5 Å². The van der Waals surface area contributed by atoms with Gasteiger partial charge in [0.05, 0.1) is 11.7 Å². The van der Waals surface area contributed by atoms with Gasteiger partial charge < -0.3 is 14.8 Å². The smallest absolute Gasteiger partial charge is 0.249 e. The monoisotopic (exact) mass is 435 g/mol. The van der Waals surface area contributed by atoms with Crippen LogP contribution in [0.2, 0.25) is 0 Å². The Labute approximate surface area is 190 Å². The van der Waals surface area contributed by atoms with Crippen LogP contribution in [0.1, 0.15) is 55.5 Å². The Bertz CT molecular complexity index is 929. The van der Waals surface area contributed by atoms with Gasteiger partial charge in [0.15, 0.2) is 0 Å². The lowest BCUT2D eigenvalue weighted by molar-refractivity contribution is -0.131. The van der Waals surface area contributed by atoms with Gasteiger partial charge in [0.1, 0.15) is 18.0 Å². The summed E-state index contributed by atoms with van der Waals surface area (Å²) in [6.07, 6.45) is 6.71. The summed E-state index contributed by atoms with van der Waals surface area (Å²) in [6, 6.07) is 12.5. The maximum Gasteiger partial charge on any atom is 0.249 e. The second-order valence-corrected chi connectivity index (χ2v) is 9.45. The summed E-state index contributed by atoms with van der Waals surface area (Å²) in [5.41, 5.74) is 3.59. The van der Waals surface area contributed by atoms with Gasteiger partial charge in [-0.2, -0.15) is 0 Å². The van der Waals surface area contributed by atoms with E-state index >= 15 is 0 Å². The Balaban J connectivity index is 1.29. The highest BCUT2D eigenvalue weighted by atomic mass is 16.5. The minimum atomic E-state index is -0.322. The molecule has 0 bridgehead atoms. The lowest BCUT2D eigenvalue weighted by Gasteiger charge is -2.37. The summed E-state index contributed by atoms with van der Waals surface area (Å²) in [5.74, 6) is 1.36. The van der Waals surface area contributed by atoms with Gasteiger partial charge in [-0.1, -0.05) is 18.2 Å². The summed E-state index contributed by atoms with van der Waals surface area (Å²) < 4.78 is 11.5. The normalized spacial score (nSPS) is 26.3. The molecule has 0 aliphatic carbocycles. The summed E-state index contributed by atoms with van der Waals surface area (Å²) in [5, 5.41) is 3.30. The van der Waals surface area contributed by atoms with Crippen LogP contribution in [0.25, 0.3) is 0 Å². The summed E-state index contributed by atoms with van der Waals surface area (Å²) in [7, 11) is 0. The SMILES string of the molecule is C[C@@H]1Cc2cc(CN3CCC[C@H]([C@H](NC(=O)[C@@H]4CCCO4)c4ccccn4)C3)ccc2O1. The largest absolute Gasteiger partial charge is 0.490 e. The van der Waals surface area contributed by atoms with Crippen molar-refractivity contribution in [2.45, 2.75) is 63.8 Å². The molecule has 0 radical (unpaired) electrons. The zero-order valence-electron chi connectivity index (χ0n) is 18.8. The Kier molecular flexibility index (Phi) is 6.42. The molecule has 0 saturated carbocycles. The summed E-state index contributed by atoms with van der Waals surface area (Å²) in [4.78, 5) is 20.0. The van der Waals surface area contributed by atoms with E-state index in [1.54, 1.807) is 0 Å². The van der Waals surface area contributed by atoms with Crippen LogP contribution in [0, 0.1) is 5.92 Å². The number of carbonyl (C=O) groups is 1. The van der Waals surface area contributed by atoms with Crippen LogP contribution in [0.4, 0.5) is 0 Å². The predicted octanol–water partition coefficient (Wildman–Crippen LogP) is 3.65. The van der Waals surface area contributed by atoms with Gasteiger partial charge in [0, 0.05) is 32.3 Å². The summed E-state index contributed by atoms with van der Waals surface area (Å²) in [6.45, 7) is 5.74. The highest BCUT2D eigenvalue weighted by molar-refractivity contribution is 5.81. The molecular formula is C26H33N3O3. The highest BCUT2D eigenvalue weighted by Crippen LogP contribution is 2.32. The average molecular weight is 436 g/mol. The minimum Gasteiger partial charge on any atom is -0.490 e. The number of amides is 1. The number of rotatable bonds is 6. The molecular weight excluding hydrogens is 402 g/mol. The number of carbonyl (C=O) groups excluding carboxylic acids is 1. The zero-order chi connectivity index (χ0) is 21.9. The first-order valence-electron chi connectivity index (χ1n) is 12.0. The van der Waals surface area contributed by atoms with Crippen molar-refractivity contribution in [3.63, 3.8) is 0 Å². The molecule has 170 valence electrons. The van der Waals surface area contributed by atoms with Crippen LogP contribution in [0.3, 0.4) is 0 Å². The predicted molar refractivity (Wildman–Crippen MR) is 122 cm³/mol. The Morgan fingerprint density at radius 3 is 3.00 bits per heavy atom. The lowest BCUT2D eigenvalue weighted by Crippen LogP contribution is -2.45. The number of fused-ring (bicyclic) bond motifs is 1. The van der Waals surface area contributed by atoms with Crippen molar-refractivity contribution in [2.24, 2.45) is 5.92 Å². The first-order valence-corrected chi connectivity index (χ1v) is 12.0. The second kappa shape index (κ2) is 9.59. The van der Waals surface area contributed by atoms with Crippen LogP contribution in [0.5, 0.6) is 5.75 Å². The van der Waals surface area contributed by atoms with E-state index in [-0.39, 0.29) is 24.2 Å². The lowest BCUT2D eigenvalue weighted by atomic mass is 9.88. The Morgan fingerprint density at radius 2 is 2.19 bits per heavy atom. The third-order valence-electron chi connectivity index (χ3n) is 6.91. The number of piperidine rings is 1. The van der Waals surface area contributed by atoms with Crippen molar-refractivity contribution in [3.8, 4) is 5.75 Å². The molecule has 2 fully saturated rings. The van der Waals surface area contributed by atoms with Crippen LogP contribution in [-0.4, -0.2) is 47.7 Å². The molecule has 2 saturated heterocycles. The van der Waals surface area contributed by atoms with Gasteiger partial charge in [-0.3, -0.25) is 14.7 Å². The van der Waals surface area contributed by atoms with E-state index in [2.05, 4.69) is 40.3 Å². The number of nitrogens with one attached hydrogen (secondary N) is 1. The summed E-state index contributed by atoms with van der Waals surface area (Å²) >= 11 is 0. The molecule has 4 heterocycles. The van der Waals surface area contributed by atoms with Gasteiger partial charge >= 0.3 is 0 Å². The number of pyridine rings is 1. The molecule has 2 aromatic rings. The molecule has 6 heteroatoms. The molecule has 32 heavy (non-hydrogen) atoms. The zero-order valence-corrected chi connectivity index (χ0v) is 18.8. The quantitative estimate of drug-likeness (QED) is 0.750. The van der Waals surface area contributed by atoms with E-state index in [9.17, 15) is 4.79 Å². The number of nitrogens with zero attached hydrogens (tertiary/aromatic N) is 2. The van der Waals surface area contributed by atoms with Crippen LogP contribution >= 0.6 is 0 Å². The molecule has 1 aromatic heterocycles. The van der Waals surface area contributed by atoms with Gasteiger partial charge in [-0.15, -0.1) is 0 Å². The molecule has 1 amide bonds. The Hall–Kier alpha value is -2.44.